The molecule has 0 spiro atoms. The molecule has 3 nitrogen and oxygen atoms in total. The number of aromatic nitrogens is 2. The van der Waals surface area contributed by atoms with Gasteiger partial charge in [-0.15, -0.1) is 0 Å². The van der Waals surface area contributed by atoms with Crippen molar-refractivity contribution in [2.24, 2.45) is 0 Å². The summed E-state index contributed by atoms with van der Waals surface area (Å²) in [5.74, 6) is 1.86. The van der Waals surface area contributed by atoms with Crippen LogP contribution in [0.25, 0.3) is 0 Å². The highest BCUT2D eigenvalue weighted by molar-refractivity contribution is 9.10. The number of hydrogen-bond acceptors (Lipinski definition) is 3. The molecule has 0 N–H and O–H groups in total. The Morgan fingerprint density at radius 3 is 2.80 bits per heavy atom. The van der Waals surface area contributed by atoms with Gasteiger partial charge < -0.3 is 4.90 Å². The van der Waals surface area contributed by atoms with Crippen LogP contribution in [-0.2, 0) is 0 Å². The van der Waals surface area contributed by atoms with E-state index in [9.17, 15) is 0 Å². The minimum atomic E-state index is 0.212. The predicted molar refractivity (Wildman–Crippen MR) is 65.1 cm³/mol. The molecule has 15 heavy (non-hydrogen) atoms. The normalized spacial score (nSPS) is 19.6. The van der Waals surface area contributed by atoms with Gasteiger partial charge >= 0.3 is 0 Å². The average Bonchev–Trinajstić information content (AvgIpc) is 2.50. The van der Waals surface area contributed by atoms with E-state index in [-0.39, 0.29) is 5.54 Å². The fourth-order valence-corrected chi connectivity index (χ4v) is 2.54. The monoisotopic (exact) mass is 269 g/mol. The number of halogens is 1. The SMILES string of the molecule is Cc1ncc(Br)c(N2CCCC2(C)C)n1. The van der Waals surface area contributed by atoms with E-state index in [0.717, 1.165) is 22.7 Å². The quantitative estimate of drug-likeness (QED) is 0.785. The Bertz CT molecular complexity index is 376. The van der Waals surface area contributed by atoms with Gasteiger partial charge in [-0.2, -0.15) is 0 Å². The lowest BCUT2D eigenvalue weighted by atomic mass is 10.0. The van der Waals surface area contributed by atoms with Gasteiger partial charge in [0.2, 0.25) is 0 Å². The highest BCUT2D eigenvalue weighted by atomic mass is 79.9. The van der Waals surface area contributed by atoms with Crippen molar-refractivity contribution in [2.75, 3.05) is 11.4 Å². The molecule has 0 aromatic carbocycles. The van der Waals surface area contributed by atoms with Crippen LogP contribution in [0.3, 0.4) is 0 Å². The van der Waals surface area contributed by atoms with E-state index in [4.69, 9.17) is 0 Å². The van der Waals surface area contributed by atoms with Crippen molar-refractivity contribution in [3.8, 4) is 0 Å². The molecule has 1 aromatic heterocycles. The zero-order valence-corrected chi connectivity index (χ0v) is 11.0. The first-order valence-corrected chi connectivity index (χ1v) is 6.07. The van der Waals surface area contributed by atoms with E-state index in [1.54, 1.807) is 0 Å². The largest absolute Gasteiger partial charge is 0.350 e. The molecule has 2 rings (SSSR count). The summed E-state index contributed by atoms with van der Waals surface area (Å²) >= 11 is 3.53. The van der Waals surface area contributed by atoms with Gasteiger partial charge in [-0.1, -0.05) is 0 Å². The third-order valence-corrected chi connectivity index (χ3v) is 3.56. The summed E-state index contributed by atoms with van der Waals surface area (Å²) in [6.45, 7) is 7.55. The van der Waals surface area contributed by atoms with Crippen LogP contribution in [0.2, 0.25) is 0 Å². The zero-order chi connectivity index (χ0) is 11.1. The summed E-state index contributed by atoms with van der Waals surface area (Å²) in [6, 6.07) is 0. The number of anilines is 1. The molecule has 0 amide bonds. The van der Waals surface area contributed by atoms with Crippen molar-refractivity contribution in [3.05, 3.63) is 16.5 Å². The fraction of sp³-hybridized carbons (Fsp3) is 0.636. The predicted octanol–water partition coefficient (Wildman–Crippen LogP) is 2.93. The Balaban J connectivity index is 2.40. The lowest BCUT2D eigenvalue weighted by Gasteiger charge is -2.33. The highest BCUT2D eigenvalue weighted by Crippen LogP contribution is 2.35. The topological polar surface area (TPSA) is 29.0 Å². The van der Waals surface area contributed by atoms with Crippen molar-refractivity contribution in [2.45, 2.75) is 39.2 Å². The zero-order valence-electron chi connectivity index (χ0n) is 9.42. The fourth-order valence-electron chi connectivity index (χ4n) is 2.13. The minimum Gasteiger partial charge on any atom is -0.350 e. The van der Waals surface area contributed by atoms with Crippen molar-refractivity contribution < 1.29 is 0 Å². The van der Waals surface area contributed by atoms with Crippen LogP contribution in [0, 0.1) is 6.92 Å². The molecule has 0 unspecified atom stereocenters. The van der Waals surface area contributed by atoms with E-state index in [1.807, 2.05) is 13.1 Å². The smallest absolute Gasteiger partial charge is 0.147 e. The average molecular weight is 270 g/mol. The second-order valence-corrected chi connectivity index (χ2v) is 5.51. The molecule has 1 aliphatic heterocycles. The molecule has 0 aliphatic carbocycles. The Labute approximate surface area is 99.0 Å². The van der Waals surface area contributed by atoms with Crippen molar-refractivity contribution in [1.82, 2.24) is 9.97 Å². The first-order valence-electron chi connectivity index (χ1n) is 5.27. The van der Waals surface area contributed by atoms with Gasteiger partial charge in [0.05, 0.1) is 4.47 Å². The van der Waals surface area contributed by atoms with Crippen LogP contribution in [0.5, 0.6) is 0 Å². The molecule has 0 atom stereocenters. The van der Waals surface area contributed by atoms with Gasteiger partial charge in [0, 0.05) is 18.3 Å². The molecule has 1 fully saturated rings. The lowest BCUT2D eigenvalue weighted by molar-refractivity contribution is 0.513. The minimum absolute atomic E-state index is 0.212. The first kappa shape index (κ1) is 10.9. The third-order valence-electron chi connectivity index (χ3n) is 3.00. The van der Waals surface area contributed by atoms with Crippen molar-refractivity contribution >= 4 is 21.7 Å². The van der Waals surface area contributed by atoms with Crippen molar-refractivity contribution in [3.63, 3.8) is 0 Å². The standard InChI is InChI=1S/C11H16BrN3/c1-8-13-7-9(12)10(14-8)15-6-4-5-11(15,2)3/h7H,4-6H2,1-3H3. The van der Waals surface area contributed by atoms with Crippen LogP contribution in [0.1, 0.15) is 32.5 Å². The summed E-state index contributed by atoms with van der Waals surface area (Å²) in [5.41, 5.74) is 0.212. The molecule has 2 heterocycles. The number of rotatable bonds is 1. The van der Waals surface area contributed by atoms with Crippen LogP contribution in [0.15, 0.2) is 10.7 Å². The molecule has 1 aliphatic rings. The van der Waals surface area contributed by atoms with Gasteiger partial charge in [0.25, 0.3) is 0 Å². The molecule has 4 heteroatoms. The molecule has 0 bridgehead atoms. The third kappa shape index (κ3) is 2.00. The Kier molecular flexibility index (Phi) is 2.71. The van der Waals surface area contributed by atoms with Gasteiger partial charge in [-0.25, -0.2) is 9.97 Å². The maximum absolute atomic E-state index is 4.52. The van der Waals surface area contributed by atoms with Crippen LogP contribution < -0.4 is 4.90 Å². The second kappa shape index (κ2) is 3.74. The molecule has 82 valence electrons. The van der Waals surface area contributed by atoms with Gasteiger partial charge in [0.15, 0.2) is 0 Å². The van der Waals surface area contributed by atoms with Crippen LogP contribution >= 0.6 is 15.9 Å². The number of hydrogen-bond donors (Lipinski definition) is 0. The molecular weight excluding hydrogens is 254 g/mol. The lowest BCUT2D eigenvalue weighted by Crippen LogP contribution is -2.39. The maximum atomic E-state index is 4.52. The van der Waals surface area contributed by atoms with Crippen LogP contribution in [0.4, 0.5) is 5.82 Å². The van der Waals surface area contributed by atoms with Crippen molar-refractivity contribution in [1.29, 1.82) is 0 Å². The molecule has 1 saturated heterocycles. The van der Waals surface area contributed by atoms with E-state index < -0.39 is 0 Å². The summed E-state index contributed by atoms with van der Waals surface area (Å²) in [5, 5.41) is 0. The van der Waals surface area contributed by atoms with E-state index >= 15 is 0 Å². The Morgan fingerprint density at radius 2 is 2.20 bits per heavy atom. The summed E-state index contributed by atoms with van der Waals surface area (Å²) in [7, 11) is 0. The molecule has 1 aromatic rings. The van der Waals surface area contributed by atoms with Gasteiger partial charge in [0.1, 0.15) is 11.6 Å². The summed E-state index contributed by atoms with van der Waals surface area (Å²) in [6.07, 6.45) is 4.30. The second-order valence-electron chi connectivity index (χ2n) is 4.66. The van der Waals surface area contributed by atoms with Gasteiger partial charge in [-0.05, 0) is 49.5 Å². The summed E-state index contributed by atoms with van der Waals surface area (Å²) in [4.78, 5) is 11.1. The van der Waals surface area contributed by atoms with Gasteiger partial charge in [-0.3, -0.25) is 0 Å². The molecular formula is C11H16BrN3. The van der Waals surface area contributed by atoms with E-state index in [1.165, 1.54) is 12.8 Å². The highest BCUT2D eigenvalue weighted by Gasteiger charge is 2.33. The maximum Gasteiger partial charge on any atom is 0.147 e. The Morgan fingerprint density at radius 1 is 1.47 bits per heavy atom. The van der Waals surface area contributed by atoms with E-state index in [2.05, 4.69) is 44.6 Å². The van der Waals surface area contributed by atoms with Crippen LogP contribution in [-0.4, -0.2) is 22.1 Å². The first-order chi connectivity index (χ1) is 7.00. The van der Waals surface area contributed by atoms with E-state index in [0.29, 0.717) is 0 Å². The number of nitrogens with zero attached hydrogens (tertiary/aromatic N) is 3. The Hall–Kier alpha value is -0.640. The summed E-state index contributed by atoms with van der Waals surface area (Å²) < 4.78 is 0.989. The molecule has 0 radical (unpaired) electrons. The molecule has 0 saturated carbocycles. The number of aryl methyl sites for hydroxylation is 1.